The van der Waals surface area contributed by atoms with E-state index in [1.54, 1.807) is 0 Å². The van der Waals surface area contributed by atoms with Gasteiger partial charge < -0.3 is 0 Å². The first-order chi connectivity index (χ1) is 6.45. The minimum absolute atomic E-state index is 0.163. The molecule has 1 aromatic carbocycles. The van der Waals surface area contributed by atoms with Crippen LogP contribution in [0.1, 0.15) is 20.7 Å². The Hall–Kier alpha value is -0.640. The van der Waals surface area contributed by atoms with Crippen molar-refractivity contribution in [3.63, 3.8) is 0 Å². The van der Waals surface area contributed by atoms with Gasteiger partial charge in [0.05, 0.1) is 16.1 Å². The molecule has 1 aromatic rings. The molecule has 2 nitrogen and oxygen atoms in total. The van der Waals surface area contributed by atoms with Gasteiger partial charge in [-0.25, -0.2) is 4.39 Å². The zero-order valence-corrected chi connectivity index (χ0v) is 8.75. The Balaban J connectivity index is 3.49. The Kier molecular flexibility index (Phi) is 3.48. The van der Waals surface area contributed by atoms with Gasteiger partial charge in [-0.3, -0.25) is 9.59 Å². The smallest absolute Gasteiger partial charge is 0.256 e. The number of rotatable bonds is 2. The Labute approximate surface area is 93.6 Å². The van der Waals surface area contributed by atoms with E-state index < -0.39 is 27.4 Å². The zero-order valence-electron chi connectivity index (χ0n) is 6.48. The van der Waals surface area contributed by atoms with E-state index in [0.717, 1.165) is 6.07 Å². The number of benzene rings is 1. The van der Waals surface area contributed by atoms with Crippen molar-refractivity contribution in [3.05, 3.63) is 34.1 Å². The summed E-state index contributed by atoms with van der Waals surface area (Å²) in [7, 11) is 0. The molecule has 0 bridgehead atoms. The van der Waals surface area contributed by atoms with Crippen molar-refractivity contribution in [1.82, 2.24) is 0 Å². The van der Waals surface area contributed by atoms with Crippen LogP contribution in [-0.4, -0.2) is 10.5 Å². The first kappa shape index (κ1) is 11.4. The molecule has 0 aliphatic heterocycles. The fourth-order valence-corrected chi connectivity index (χ4v) is 1.50. The molecule has 0 aliphatic rings. The summed E-state index contributed by atoms with van der Waals surface area (Å²) in [5, 5.41) is -2.25. The number of carbonyl (C=O) groups is 2. The molecule has 0 aliphatic carbocycles. The Morgan fingerprint density at radius 1 is 1.14 bits per heavy atom. The van der Waals surface area contributed by atoms with Crippen molar-refractivity contribution in [2.45, 2.75) is 0 Å². The molecule has 0 saturated heterocycles. The summed E-state index contributed by atoms with van der Waals surface area (Å²) in [6.45, 7) is 0. The molecule has 6 heteroatoms. The summed E-state index contributed by atoms with van der Waals surface area (Å²) in [5.74, 6) is -1.10. The molecule has 0 spiro atoms. The first-order valence-electron chi connectivity index (χ1n) is 3.32. The van der Waals surface area contributed by atoms with E-state index in [4.69, 9.17) is 34.8 Å². The molecule has 0 N–H and O–H groups in total. The predicted molar refractivity (Wildman–Crippen MR) is 51.8 cm³/mol. The highest BCUT2D eigenvalue weighted by Gasteiger charge is 2.20. The van der Waals surface area contributed by atoms with Crippen LogP contribution in [-0.2, 0) is 0 Å². The van der Waals surface area contributed by atoms with Gasteiger partial charge in [0.1, 0.15) is 5.82 Å². The van der Waals surface area contributed by atoms with Crippen molar-refractivity contribution in [2.75, 3.05) is 0 Å². The van der Waals surface area contributed by atoms with Crippen LogP contribution in [0.3, 0.4) is 0 Å². The van der Waals surface area contributed by atoms with E-state index in [1.165, 1.54) is 6.07 Å². The highest BCUT2D eigenvalue weighted by atomic mass is 35.5. The lowest BCUT2D eigenvalue weighted by Crippen LogP contribution is -2.03. The molecule has 0 amide bonds. The van der Waals surface area contributed by atoms with Crippen LogP contribution in [0.4, 0.5) is 4.39 Å². The topological polar surface area (TPSA) is 34.1 Å². The van der Waals surface area contributed by atoms with Crippen molar-refractivity contribution in [3.8, 4) is 0 Å². The lowest BCUT2D eigenvalue weighted by atomic mass is 10.1. The number of halogens is 4. The average molecular weight is 255 g/mol. The molecule has 74 valence electrons. The van der Waals surface area contributed by atoms with Gasteiger partial charge in [-0.1, -0.05) is 11.6 Å². The second kappa shape index (κ2) is 4.26. The Morgan fingerprint density at radius 2 is 1.71 bits per heavy atom. The van der Waals surface area contributed by atoms with Gasteiger partial charge in [-0.2, -0.15) is 0 Å². The first-order valence-corrected chi connectivity index (χ1v) is 4.46. The fourth-order valence-electron chi connectivity index (χ4n) is 0.884. The Bertz CT molecular complexity index is 417. The van der Waals surface area contributed by atoms with Crippen LogP contribution in [0, 0.1) is 5.82 Å². The SMILES string of the molecule is O=C(Cl)c1ccc(Cl)c(C(=O)Cl)c1F. The standard InChI is InChI=1S/C8H2Cl3FO2/c9-4-2-1-3(7(10)13)6(12)5(4)8(11)14/h1-2H. The van der Waals surface area contributed by atoms with Gasteiger partial charge in [0, 0.05) is 0 Å². The largest absolute Gasteiger partial charge is 0.275 e. The van der Waals surface area contributed by atoms with Gasteiger partial charge in [-0.15, -0.1) is 0 Å². The zero-order chi connectivity index (χ0) is 10.9. The van der Waals surface area contributed by atoms with Crippen molar-refractivity contribution in [1.29, 1.82) is 0 Å². The molecule has 0 heterocycles. The monoisotopic (exact) mass is 254 g/mol. The third kappa shape index (κ3) is 2.05. The summed E-state index contributed by atoms with van der Waals surface area (Å²) >= 11 is 15.6. The molecule has 0 saturated carbocycles. The number of hydrogen-bond acceptors (Lipinski definition) is 2. The van der Waals surface area contributed by atoms with Crippen LogP contribution in [0.5, 0.6) is 0 Å². The lowest BCUT2D eigenvalue weighted by Gasteiger charge is -2.03. The summed E-state index contributed by atoms with van der Waals surface area (Å²) in [6, 6.07) is 2.26. The maximum atomic E-state index is 13.3. The van der Waals surface area contributed by atoms with E-state index in [9.17, 15) is 14.0 Å². The average Bonchev–Trinajstić information content (AvgIpc) is 2.02. The Morgan fingerprint density at radius 3 is 2.14 bits per heavy atom. The molecule has 0 aromatic heterocycles. The summed E-state index contributed by atoms with van der Waals surface area (Å²) in [6.07, 6.45) is 0. The highest BCUT2D eigenvalue weighted by Crippen LogP contribution is 2.24. The molecule has 14 heavy (non-hydrogen) atoms. The van der Waals surface area contributed by atoms with Crippen LogP contribution in [0.2, 0.25) is 5.02 Å². The van der Waals surface area contributed by atoms with Crippen LogP contribution < -0.4 is 0 Å². The minimum Gasteiger partial charge on any atom is -0.275 e. The van der Waals surface area contributed by atoms with Crippen LogP contribution in [0.25, 0.3) is 0 Å². The summed E-state index contributed by atoms with van der Waals surface area (Å²) < 4.78 is 13.3. The molecular weight excluding hydrogens is 253 g/mol. The molecule has 1 rings (SSSR count). The minimum atomic E-state index is -1.10. The molecule has 0 atom stereocenters. The van der Waals surface area contributed by atoms with E-state index >= 15 is 0 Å². The summed E-state index contributed by atoms with van der Waals surface area (Å²) in [5.41, 5.74) is -0.972. The number of hydrogen-bond donors (Lipinski definition) is 0. The van der Waals surface area contributed by atoms with Gasteiger partial charge in [-0.05, 0) is 35.3 Å². The fraction of sp³-hybridized carbons (Fsp3) is 0. The molecule has 0 fully saturated rings. The lowest BCUT2D eigenvalue weighted by molar-refractivity contribution is 0.107. The number of carbonyl (C=O) groups excluding carboxylic acids is 2. The molecule has 0 unspecified atom stereocenters. The van der Waals surface area contributed by atoms with Crippen molar-refractivity contribution >= 4 is 45.3 Å². The van der Waals surface area contributed by atoms with Gasteiger partial charge in [0.2, 0.25) is 0 Å². The maximum Gasteiger partial charge on any atom is 0.256 e. The van der Waals surface area contributed by atoms with Gasteiger partial charge in [0.15, 0.2) is 0 Å². The van der Waals surface area contributed by atoms with E-state index in [-0.39, 0.29) is 5.02 Å². The van der Waals surface area contributed by atoms with Crippen molar-refractivity contribution in [2.24, 2.45) is 0 Å². The highest BCUT2D eigenvalue weighted by molar-refractivity contribution is 6.70. The predicted octanol–water partition coefficient (Wildman–Crippen LogP) is 3.24. The van der Waals surface area contributed by atoms with E-state index in [1.807, 2.05) is 0 Å². The van der Waals surface area contributed by atoms with Crippen LogP contribution >= 0.6 is 34.8 Å². The van der Waals surface area contributed by atoms with Crippen LogP contribution in [0.15, 0.2) is 12.1 Å². The molecular formula is C8H2Cl3FO2. The maximum absolute atomic E-state index is 13.3. The van der Waals surface area contributed by atoms with Crippen molar-refractivity contribution < 1.29 is 14.0 Å². The third-order valence-electron chi connectivity index (χ3n) is 1.50. The second-order valence-corrected chi connectivity index (χ2v) is 3.43. The quantitative estimate of drug-likeness (QED) is 0.760. The third-order valence-corrected chi connectivity index (χ3v) is 2.21. The van der Waals surface area contributed by atoms with E-state index in [2.05, 4.69) is 0 Å². The summed E-state index contributed by atoms with van der Waals surface area (Å²) in [4.78, 5) is 21.4. The molecule has 0 radical (unpaired) electrons. The van der Waals surface area contributed by atoms with Gasteiger partial charge in [0.25, 0.3) is 10.5 Å². The van der Waals surface area contributed by atoms with Gasteiger partial charge >= 0.3 is 0 Å². The second-order valence-electron chi connectivity index (χ2n) is 2.33. The van der Waals surface area contributed by atoms with E-state index in [0.29, 0.717) is 0 Å². The normalized spacial score (nSPS) is 10.0.